The van der Waals surface area contributed by atoms with Crippen molar-refractivity contribution in [2.24, 2.45) is 0 Å². The van der Waals surface area contributed by atoms with Crippen LogP contribution in [0.2, 0.25) is 0 Å². The number of ether oxygens (including phenoxy) is 2. The van der Waals surface area contributed by atoms with Gasteiger partial charge in [0.1, 0.15) is 6.42 Å². The molecular formula is C19H19N3O4. The molecule has 2 rings (SSSR count). The van der Waals surface area contributed by atoms with E-state index in [0.29, 0.717) is 22.7 Å². The summed E-state index contributed by atoms with van der Waals surface area (Å²) >= 11 is 0. The maximum atomic E-state index is 12.5. The van der Waals surface area contributed by atoms with Crippen LogP contribution in [0.5, 0.6) is 11.5 Å². The second kappa shape index (κ2) is 9.08. The average Bonchev–Trinajstić information content (AvgIpc) is 2.66. The standard InChI is InChI=1S/C19H19N3O4/c1-25-16-8-7-13(11-17(16)26-2)19(24)22-15-6-4-3-5-14(15)12-21-18(23)9-10-20/h3-8,11H,9,12H2,1-2H3,(H,21,23)(H,22,24). The van der Waals surface area contributed by atoms with Crippen LogP contribution >= 0.6 is 0 Å². The fourth-order valence-corrected chi connectivity index (χ4v) is 2.30. The number of methoxy groups -OCH3 is 2. The van der Waals surface area contributed by atoms with Gasteiger partial charge >= 0.3 is 0 Å². The third-order valence-corrected chi connectivity index (χ3v) is 3.63. The first-order valence-corrected chi connectivity index (χ1v) is 7.84. The lowest BCUT2D eigenvalue weighted by Crippen LogP contribution is -2.23. The van der Waals surface area contributed by atoms with Gasteiger partial charge in [0.25, 0.3) is 5.91 Å². The van der Waals surface area contributed by atoms with E-state index in [-0.39, 0.29) is 24.8 Å². The summed E-state index contributed by atoms with van der Waals surface area (Å²) in [6.07, 6.45) is -0.208. The highest BCUT2D eigenvalue weighted by Gasteiger charge is 2.13. The number of anilines is 1. The van der Waals surface area contributed by atoms with Crippen LogP contribution in [0.3, 0.4) is 0 Å². The molecule has 0 saturated carbocycles. The Kier molecular flexibility index (Phi) is 6.57. The van der Waals surface area contributed by atoms with Crippen molar-refractivity contribution in [3.05, 3.63) is 53.6 Å². The number of carbonyl (C=O) groups is 2. The number of nitriles is 1. The Morgan fingerprint density at radius 1 is 1.08 bits per heavy atom. The summed E-state index contributed by atoms with van der Waals surface area (Å²) in [6, 6.07) is 13.8. The number of nitrogens with zero attached hydrogens (tertiary/aromatic N) is 1. The van der Waals surface area contributed by atoms with Gasteiger partial charge < -0.3 is 20.1 Å². The van der Waals surface area contributed by atoms with Crippen LogP contribution in [-0.4, -0.2) is 26.0 Å². The van der Waals surface area contributed by atoms with E-state index in [2.05, 4.69) is 10.6 Å². The summed E-state index contributed by atoms with van der Waals surface area (Å²) < 4.78 is 10.4. The van der Waals surface area contributed by atoms with Gasteiger partial charge in [0.05, 0.1) is 20.3 Å². The molecule has 7 heteroatoms. The van der Waals surface area contributed by atoms with Crippen LogP contribution < -0.4 is 20.1 Å². The summed E-state index contributed by atoms with van der Waals surface area (Å²) in [5.41, 5.74) is 1.71. The third-order valence-electron chi connectivity index (χ3n) is 3.63. The van der Waals surface area contributed by atoms with Gasteiger partial charge in [-0.25, -0.2) is 0 Å². The molecule has 2 N–H and O–H groups in total. The molecule has 0 aliphatic heterocycles. The molecular weight excluding hydrogens is 334 g/mol. The minimum absolute atomic E-state index is 0.208. The van der Waals surface area contributed by atoms with Gasteiger partial charge in [0, 0.05) is 17.8 Å². The molecule has 0 aliphatic carbocycles. The van der Waals surface area contributed by atoms with Crippen LogP contribution in [0.25, 0.3) is 0 Å². The Labute approximate surface area is 151 Å². The van der Waals surface area contributed by atoms with Crippen molar-refractivity contribution in [1.82, 2.24) is 5.32 Å². The molecule has 2 amide bonds. The first-order valence-electron chi connectivity index (χ1n) is 7.84. The van der Waals surface area contributed by atoms with Gasteiger partial charge in [-0.3, -0.25) is 9.59 Å². The average molecular weight is 353 g/mol. The minimum Gasteiger partial charge on any atom is -0.493 e. The summed E-state index contributed by atoms with van der Waals surface area (Å²) in [5.74, 6) is 0.303. The molecule has 134 valence electrons. The number of amides is 2. The number of hydrogen-bond acceptors (Lipinski definition) is 5. The molecule has 0 aromatic heterocycles. The number of para-hydroxylation sites is 1. The molecule has 0 radical (unpaired) electrons. The summed E-state index contributed by atoms with van der Waals surface area (Å²) in [4.78, 5) is 24.0. The van der Waals surface area contributed by atoms with Crippen LogP contribution in [0, 0.1) is 11.3 Å². The lowest BCUT2D eigenvalue weighted by atomic mass is 10.1. The van der Waals surface area contributed by atoms with Crippen LogP contribution in [-0.2, 0) is 11.3 Å². The summed E-state index contributed by atoms with van der Waals surface area (Å²) in [5, 5.41) is 14.0. The Bertz CT molecular complexity index is 843. The highest BCUT2D eigenvalue weighted by atomic mass is 16.5. The Morgan fingerprint density at radius 2 is 1.81 bits per heavy atom. The molecule has 0 spiro atoms. The lowest BCUT2D eigenvalue weighted by molar-refractivity contribution is -0.120. The van der Waals surface area contributed by atoms with E-state index >= 15 is 0 Å². The molecule has 26 heavy (non-hydrogen) atoms. The van der Waals surface area contributed by atoms with Gasteiger partial charge in [-0.2, -0.15) is 5.26 Å². The normalized spacial score (nSPS) is 9.73. The van der Waals surface area contributed by atoms with Crippen molar-refractivity contribution in [3.63, 3.8) is 0 Å². The SMILES string of the molecule is COc1ccc(C(=O)Nc2ccccc2CNC(=O)CC#N)cc1OC. The molecule has 0 atom stereocenters. The molecule has 0 unspecified atom stereocenters. The maximum Gasteiger partial charge on any atom is 0.255 e. The Balaban J connectivity index is 2.14. The highest BCUT2D eigenvalue weighted by Crippen LogP contribution is 2.28. The van der Waals surface area contributed by atoms with Crippen molar-refractivity contribution in [2.45, 2.75) is 13.0 Å². The third kappa shape index (κ3) is 4.74. The van der Waals surface area contributed by atoms with Gasteiger partial charge in [0.15, 0.2) is 11.5 Å². The molecule has 0 aliphatic rings. The van der Waals surface area contributed by atoms with E-state index in [1.807, 2.05) is 0 Å². The van der Waals surface area contributed by atoms with E-state index in [1.54, 1.807) is 48.5 Å². The van der Waals surface area contributed by atoms with E-state index in [9.17, 15) is 9.59 Å². The first kappa shape index (κ1) is 18.8. The Hall–Kier alpha value is -3.53. The fraction of sp³-hybridized carbons (Fsp3) is 0.211. The van der Waals surface area contributed by atoms with Gasteiger partial charge in [0.2, 0.25) is 5.91 Å². The number of nitrogens with one attached hydrogen (secondary N) is 2. The predicted molar refractivity (Wildman–Crippen MR) is 96.0 cm³/mol. The zero-order valence-electron chi connectivity index (χ0n) is 14.5. The minimum atomic E-state index is -0.367. The van der Waals surface area contributed by atoms with Crippen molar-refractivity contribution in [1.29, 1.82) is 5.26 Å². The van der Waals surface area contributed by atoms with Crippen LogP contribution in [0.4, 0.5) is 5.69 Å². The number of benzene rings is 2. The summed E-state index contributed by atoms with van der Waals surface area (Å²) in [7, 11) is 3.02. The smallest absolute Gasteiger partial charge is 0.255 e. The van der Waals surface area contributed by atoms with Gasteiger partial charge in [-0.05, 0) is 29.8 Å². The van der Waals surface area contributed by atoms with E-state index in [0.717, 1.165) is 5.56 Å². The predicted octanol–water partition coefficient (Wildman–Crippen LogP) is 2.49. The van der Waals surface area contributed by atoms with Crippen LogP contribution in [0.15, 0.2) is 42.5 Å². The van der Waals surface area contributed by atoms with Gasteiger partial charge in [-0.1, -0.05) is 18.2 Å². The van der Waals surface area contributed by atoms with Crippen molar-refractivity contribution in [2.75, 3.05) is 19.5 Å². The molecule has 7 nitrogen and oxygen atoms in total. The molecule has 0 bridgehead atoms. The van der Waals surface area contributed by atoms with Crippen LogP contribution in [0.1, 0.15) is 22.3 Å². The van der Waals surface area contributed by atoms with E-state index in [4.69, 9.17) is 14.7 Å². The fourth-order valence-electron chi connectivity index (χ4n) is 2.30. The van der Waals surface area contributed by atoms with E-state index < -0.39 is 0 Å². The zero-order valence-corrected chi connectivity index (χ0v) is 14.5. The van der Waals surface area contributed by atoms with Crippen molar-refractivity contribution >= 4 is 17.5 Å². The topological polar surface area (TPSA) is 100 Å². The second-order valence-electron chi connectivity index (χ2n) is 5.29. The van der Waals surface area contributed by atoms with Crippen molar-refractivity contribution in [3.8, 4) is 17.6 Å². The maximum absolute atomic E-state index is 12.5. The zero-order chi connectivity index (χ0) is 18.9. The number of carbonyl (C=O) groups excluding carboxylic acids is 2. The second-order valence-corrected chi connectivity index (χ2v) is 5.29. The molecule has 2 aromatic rings. The first-order chi connectivity index (χ1) is 12.6. The molecule has 0 saturated heterocycles. The summed E-state index contributed by atoms with van der Waals surface area (Å²) in [6.45, 7) is 0.211. The quantitative estimate of drug-likeness (QED) is 0.796. The molecule has 2 aromatic carbocycles. The highest BCUT2D eigenvalue weighted by molar-refractivity contribution is 6.05. The lowest BCUT2D eigenvalue weighted by Gasteiger charge is -2.13. The molecule has 0 fully saturated rings. The van der Waals surface area contributed by atoms with Crippen molar-refractivity contribution < 1.29 is 19.1 Å². The van der Waals surface area contributed by atoms with Gasteiger partial charge in [-0.15, -0.1) is 0 Å². The Morgan fingerprint density at radius 3 is 2.50 bits per heavy atom. The number of rotatable bonds is 7. The largest absolute Gasteiger partial charge is 0.493 e. The van der Waals surface area contributed by atoms with E-state index in [1.165, 1.54) is 14.2 Å². The monoisotopic (exact) mass is 353 g/mol. The molecule has 0 heterocycles. The number of hydrogen-bond donors (Lipinski definition) is 2.